The van der Waals surface area contributed by atoms with Crippen molar-refractivity contribution >= 4 is 11.6 Å². The summed E-state index contributed by atoms with van der Waals surface area (Å²) >= 11 is 0. The third-order valence-electron chi connectivity index (χ3n) is 5.71. The monoisotopic (exact) mass is 343 g/mol. The fourth-order valence-corrected chi connectivity index (χ4v) is 4.16. The number of carbonyl (C=O) groups is 1. The Hall–Kier alpha value is -1.39. The number of hydrogen-bond acceptors (Lipinski definition) is 3. The molecule has 0 bridgehead atoms. The van der Waals surface area contributed by atoms with Crippen LogP contribution in [0.5, 0.6) is 0 Å². The first kappa shape index (κ1) is 18.4. The molecule has 0 aliphatic carbocycles. The zero-order valence-corrected chi connectivity index (χ0v) is 15.6. The van der Waals surface area contributed by atoms with Gasteiger partial charge < -0.3 is 10.6 Å². The minimum absolute atomic E-state index is 0.146. The summed E-state index contributed by atoms with van der Waals surface area (Å²) in [4.78, 5) is 14.9. The minimum Gasteiger partial charge on any atom is -0.326 e. The zero-order chi connectivity index (χ0) is 17.5. The lowest BCUT2D eigenvalue weighted by atomic mass is 9.85. The van der Waals surface area contributed by atoms with Gasteiger partial charge in [0, 0.05) is 18.7 Å². The van der Waals surface area contributed by atoms with Gasteiger partial charge in [-0.25, -0.2) is 0 Å². The molecule has 2 atom stereocenters. The van der Waals surface area contributed by atoms with Crippen LogP contribution in [0.4, 0.5) is 5.69 Å². The van der Waals surface area contributed by atoms with Gasteiger partial charge in [-0.15, -0.1) is 0 Å². The van der Waals surface area contributed by atoms with Crippen LogP contribution in [0.3, 0.4) is 0 Å². The zero-order valence-electron chi connectivity index (χ0n) is 15.6. The molecule has 1 amide bonds. The molecule has 2 fully saturated rings. The molecule has 0 spiro atoms. The van der Waals surface area contributed by atoms with Gasteiger partial charge in [0.05, 0.1) is 0 Å². The summed E-state index contributed by atoms with van der Waals surface area (Å²) in [6.45, 7) is 7.78. The van der Waals surface area contributed by atoms with Crippen molar-refractivity contribution in [2.45, 2.75) is 52.0 Å². The number of likely N-dealkylation sites (tertiary alicyclic amines) is 1. The van der Waals surface area contributed by atoms with Gasteiger partial charge in [0.1, 0.15) is 0 Å². The number of amides is 1. The number of piperidine rings is 2. The first-order valence-corrected chi connectivity index (χ1v) is 10.0. The van der Waals surface area contributed by atoms with Crippen molar-refractivity contribution in [3.63, 3.8) is 0 Å². The number of anilines is 1. The topological polar surface area (TPSA) is 44.4 Å². The Balaban J connectivity index is 1.49. The van der Waals surface area contributed by atoms with Gasteiger partial charge in [-0.1, -0.05) is 25.5 Å². The molecule has 1 aromatic carbocycles. The van der Waals surface area contributed by atoms with Gasteiger partial charge in [0.15, 0.2) is 0 Å². The van der Waals surface area contributed by atoms with Gasteiger partial charge in [-0.3, -0.25) is 9.69 Å². The smallest absolute Gasteiger partial charge is 0.224 e. The molecular weight excluding hydrogens is 310 g/mol. The minimum atomic E-state index is 0.146. The van der Waals surface area contributed by atoms with Gasteiger partial charge in [0.25, 0.3) is 0 Å². The molecule has 0 saturated carbocycles. The Morgan fingerprint density at radius 1 is 1.28 bits per heavy atom. The number of hydrogen-bond donors (Lipinski definition) is 2. The average Bonchev–Trinajstić information content (AvgIpc) is 2.63. The summed E-state index contributed by atoms with van der Waals surface area (Å²) in [6.07, 6.45) is 7.07. The van der Waals surface area contributed by atoms with Crippen molar-refractivity contribution in [1.29, 1.82) is 0 Å². The number of nitrogens with one attached hydrogen (secondary N) is 2. The average molecular weight is 344 g/mol. The molecule has 4 nitrogen and oxygen atoms in total. The maximum atomic E-state index is 12.4. The van der Waals surface area contributed by atoms with Crippen LogP contribution in [0.1, 0.15) is 51.0 Å². The predicted molar refractivity (Wildman–Crippen MR) is 104 cm³/mol. The van der Waals surface area contributed by atoms with Crippen LogP contribution >= 0.6 is 0 Å². The van der Waals surface area contributed by atoms with Crippen LogP contribution in [0.15, 0.2) is 24.3 Å². The molecule has 4 heteroatoms. The first-order valence-electron chi connectivity index (χ1n) is 10.0. The normalized spacial score (nSPS) is 23.2. The van der Waals surface area contributed by atoms with Gasteiger partial charge in [-0.2, -0.15) is 0 Å². The van der Waals surface area contributed by atoms with E-state index in [-0.39, 0.29) is 5.91 Å². The second kappa shape index (κ2) is 9.35. The molecule has 2 unspecified atom stereocenters. The highest BCUT2D eigenvalue weighted by molar-refractivity contribution is 5.90. The lowest BCUT2D eigenvalue weighted by Crippen LogP contribution is -2.34. The third-order valence-corrected chi connectivity index (χ3v) is 5.71. The van der Waals surface area contributed by atoms with Crippen molar-refractivity contribution in [2.75, 3.05) is 31.5 Å². The van der Waals surface area contributed by atoms with E-state index in [0.29, 0.717) is 18.3 Å². The van der Waals surface area contributed by atoms with E-state index < -0.39 is 0 Å². The predicted octanol–water partition coefficient (Wildman–Crippen LogP) is 3.64. The number of benzene rings is 1. The SMILES string of the molecule is CC(CC(=O)Nc1cccc(CN2CCCCC2)c1)C1CCCNC1. The Labute approximate surface area is 152 Å². The summed E-state index contributed by atoms with van der Waals surface area (Å²) < 4.78 is 0. The summed E-state index contributed by atoms with van der Waals surface area (Å²) in [5.74, 6) is 1.21. The number of rotatable bonds is 6. The molecular formula is C21H33N3O. The van der Waals surface area contributed by atoms with Crippen LogP contribution in [0.2, 0.25) is 0 Å². The first-order chi connectivity index (χ1) is 12.2. The Morgan fingerprint density at radius 3 is 2.88 bits per heavy atom. The van der Waals surface area contributed by atoms with E-state index in [9.17, 15) is 4.79 Å². The van der Waals surface area contributed by atoms with E-state index in [4.69, 9.17) is 0 Å². The Bertz CT molecular complexity index is 548. The summed E-state index contributed by atoms with van der Waals surface area (Å²) in [6, 6.07) is 8.37. The lowest BCUT2D eigenvalue weighted by Gasteiger charge is -2.28. The summed E-state index contributed by atoms with van der Waals surface area (Å²) in [7, 11) is 0. The number of nitrogens with zero attached hydrogens (tertiary/aromatic N) is 1. The second-order valence-electron chi connectivity index (χ2n) is 7.87. The Morgan fingerprint density at radius 2 is 2.12 bits per heavy atom. The highest BCUT2D eigenvalue weighted by atomic mass is 16.1. The molecule has 3 rings (SSSR count). The summed E-state index contributed by atoms with van der Waals surface area (Å²) in [5, 5.41) is 6.56. The molecule has 2 saturated heterocycles. The van der Waals surface area contributed by atoms with Crippen molar-refractivity contribution in [2.24, 2.45) is 11.8 Å². The highest BCUT2D eigenvalue weighted by Crippen LogP contribution is 2.23. The van der Waals surface area contributed by atoms with Crippen molar-refractivity contribution in [3.05, 3.63) is 29.8 Å². The fourth-order valence-electron chi connectivity index (χ4n) is 4.16. The van der Waals surface area contributed by atoms with E-state index in [0.717, 1.165) is 25.3 Å². The van der Waals surface area contributed by atoms with Gasteiger partial charge in [0.2, 0.25) is 5.91 Å². The van der Waals surface area contributed by atoms with E-state index >= 15 is 0 Å². The van der Waals surface area contributed by atoms with Crippen molar-refractivity contribution in [1.82, 2.24) is 10.2 Å². The van der Waals surface area contributed by atoms with Gasteiger partial charge in [-0.05, 0) is 81.4 Å². The number of carbonyl (C=O) groups excluding carboxylic acids is 1. The maximum Gasteiger partial charge on any atom is 0.224 e. The van der Waals surface area contributed by atoms with Gasteiger partial charge >= 0.3 is 0 Å². The van der Waals surface area contributed by atoms with Crippen LogP contribution in [0, 0.1) is 11.8 Å². The molecule has 2 heterocycles. The standard InChI is InChI=1S/C21H33N3O/c1-17(19-8-6-10-22-15-19)13-21(25)23-20-9-5-7-18(14-20)16-24-11-3-2-4-12-24/h5,7,9,14,17,19,22H,2-4,6,8,10-13,15-16H2,1H3,(H,23,25). The maximum absolute atomic E-state index is 12.4. The van der Waals surface area contributed by atoms with E-state index in [1.807, 2.05) is 6.07 Å². The highest BCUT2D eigenvalue weighted by Gasteiger charge is 2.22. The van der Waals surface area contributed by atoms with Crippen LogP contribution in [-0.2, 0) is 11.3 Å². The summed E-state index contributed by atoms with van der Waals surface area (Å²) in [5.41, 5.74) is 2.23. The van der Waals surface area contributed by atoms with E-state index in [1.54, 1.807) is 0 Å². The van der Waals surface area contributed by atoms with E-state index in [2.05, 4.69) is 40.7 Å². The molecule has 25 heavy (non-hydrogen) atoms. The lowest BCUT2D eigenvalue weighted by molar-refractivity contribution is -0.117. The Kier molecular flexibility index (Phi) is 6.88. The second-order valence-corrected chi connectivity index (χ2v) is 7.87. The third kappa shape index (κ3) is 5.82. The molecule has 2 aliphatic rings. The molecule has 138 valence electrons. The molecule has 1 aromatic rings. The van der Waals surface area contributed by atoms with E-state index in [1.165, 1.54) is 50.8 Å². The fraction of sp³-hybridized carbons (Fsp3) is 0.667. The van der Waals surface area contributed by atoms with Crippen LogP contribution < -0.4 is 10.6 Å². The molecule has 2 N–H and O–H groups in total. The van der Waals surface area contributed by atoms with Crippen molar-refractivity contribution in [3.8, 4) is 0 Å². The molecule has 0 aromatic heterocycles. The van der Waals surface area contributed by atoms with Crippen LogP contribution in [-0.4, -0.2) is 37.0 Å². The molecule has 2 aliphatic heterocycles. The largest absolute Gasteiger partial charge is 0.326 e. The van der Waals surface area contributed by atoms with Crippen LogP contribution in [0.25, 0.3) is 0 Å². The van der Waals surface area contributed by atoms with Crippen molar-refractivity contribution < 1.29 is 4.79 Å². The quantitative estimate of drug-likeness (QED) is 0.829. The molecule has 0 radical (unpaired) electrons.